The molecule has 5 nitrogen and oxygen atoms in total. The fraction of sp³-hybridized carbons (Fsp3) is 0.375. The first-order valence-corrected chi connectivity index (χ1v) is 10.8. The maximum absolute atomic E-state index is 13.4. The minimum absolute atomic E-state index is 0.0518. The lowest BCUT2D eigenvalue weighted by molar-refractivity contribution is 0.0677. The molecule has 0 saturated heterocycles. The van der Waals surface area contributed by atoms with Crippen molar-refractivity contribution >= 4 is 28.4 Å². The van der Waals surface area contributed by atoms with E-state index in [1.165, 1.54) is 10.1 Å². The van der Waals surface area contributed by atoms with Crippen molar-refractivity contribution in [3.8, 4) is 0 Å². The predicted molar refractivity (Wildman–Crippen MR) is 122 cm³/mol. The Morgan fingerprint density at radius 1 is 1.17 bits per heavy atom. The number of halogens is 1. The van der Waals surface area contributed by atoms with Crippen LogP contribution in [0.4, 0.5) is 0 Å². The molecular formula is C24H28ClN3O2. The molecule has 1 unspecified atom stereocenters. The lowest BCUT2D eigenvalue weighted by Gasteiger charge is -2.30. The maximum Gasteiger partial charge on any atom is 0.261 e. The first-order chi connectivity index (χ1) is 14.4. The summed E-state index contributed by atoms with van der Waals surface area (Å²) in [6.07, 6.45) is 2.77. The van der Waals surface area contributed by atoms with E-state index in [0.29, 0.717) is 33.9 Å². The second-order valence-corrected chi connectivity index (χ2v) is 8.01. The minimum atomic E-state index is -0.354. The molecule has 6 heteroatoms. The highest BCUT2D eigenvalue weighted by atomic mass is 35.5. The number of rotatable bonds is 7. The van der Waals surface area contributed by atoms with E-state index in [0.717, 1.165) is 19.3 Å². The number of amides is 1. The number of hydrogen-bond acceptors (Lipinski definition) is 3. The Morgan fingerprint density at radius 2 is 1.87 bits per heavy atom. The van der Waals surface area contributed by atoms with Crippen LogP contribution in [0, 0.1) is 0 Å². The van der Waals surface area contributed by atoms with E-state index in [1.807, 2.05) is 36.1 Å². The van der Waals surface area contributed by atoms with Gasteiger partial charge in [0.15, 0.2) is 0 Å². The Kier molecular flexibility index (Phi) is 6.93. The largest absolute Gasteiger partial charge is 0.329 e. The van der Waals surface area contributed by atoms with Gasteiger partial charge in [0.1, 0.15) is 5.82 Å². The Labute approximate surface area is 182 Å². The highest BCUT2D eigenvalue weighted by Gasteiger charge is 2.26. The molecule has 0 aliphatic carbocycles. The number of fused-ring (bicyclic) bond motifs is 1. The summed E-state index contributed by atoms with van der Waals surface area (Å²) >= 11 is 6.06. The van der Waals surface area contributed by atoms with Gasteiger partial charge in [-0.05, 0) is 55.7 Å². The molecule has 1 amide bonds. The molecule has 3 rings (SSSR count). The first kappa shape index (κ1) is 22.0. The number of benzene rings is 2. The topological polar surface area (TPSA) is 55.2 Å². The summed E-state index contributed by atoms with van der Waals surface area (Å²) in [6.45, 7) is 6.71. The summed E-state index contributed by atoms with van der Waals surface area (Å²) in [5, 5.41) is 0.972. The highest BCUT2D eigenvalue weighted by Crippen LogP contribution is 2.23. The van der Waals surface area contributed by atoms with Crippen molar-refractivity contribution in [2.24, 2.45) is 7.05 Å². The molecule has 0 fully saturated rings. The van der Waals surface area contributed by atoms with Crippen LogP contribution in [0.5, 0.6) is 0 Å². The molecule has 1 aromatic heterocycles. The van der Waals surface area contributed by atoms with Crippen molar-refractivity contribution in [2.75, 3.05) is 6.54 Å². The van der Waals surface area contributed by atoms with Crippen molar-refractivity contribution < 1.29 is 4.79 Å². The zero-order chi connectivity index (χ0) is 21.8. The van der Waals surface area contributed by atoms with Crippen LogP contribution in [0.1, 0.15) is 61.4 Å². The van der Waals surface area contributed by atoms with Crippen molar-refractivity contribution in [2.45, 2.75) is 46.1 Å². The highest BCUT2D eigenvalue weighted by molar-refractivity contribution is 6.31. The normalized spacial score (nSPS) is 12.2. The predicted octanol–water partition coefficient (Wildman–Crippen LogP) is 5.15. The number of aromatic nitrogens is 2. The molecule has 0 aliphatic rings. The Hall–Kier alpha value is -2.66. The Bertz CT molecular complexity index is 1110. The molecule has 1 atom stereocenters. The Morgan fingerprint density at radius 3 is 2.50 bits per heavy atom. The molecule has 0 radical (unpaired) electrons. The number of hydrogen-bond donors (Lipinski definition) is 0. The fourth-order valence-electron chi connectivity index (χ4n) is 3.62. The van der Waals surface area contributed by atoms with Crippen molar-refractivity contribution in [3.05, 3.63) is 74.8 Å². The number of carbonyl (C=O) groups excluding carboxylic acids is 1. The van der Waals surface area contributed by atoms with Gasteiger partial charge in [0.05, 0.1) is 16.9 Å². The van der Waals surface area contributed by atoms with Gasteiger partial charge in [0.2, 0.25) is 0 Å². The van der Waals surface area contributed by atoms with Crippen LogP contribution in [0.25, 0.3) is 10.9 Å². The van der Waals surface area contributed by atoms with Crippen molar-refractivity contribution in [1.29, 1.82) is 0 Å². The second kappa shape index (κ2) is 9.43. The van der Waals surface area contributed by atoms with E-state index >= 15 is 0 Å². The van der Waals surface area contributed by atoms with Crippen molar-refractivity contribution in [3.63, 3.8) is 0 Å². The van der Waals surface area contributed by atoms with Gasteiger partial charge in [0, 0.05) is 24.2 Å². The average molecular weight is 426 g/mol. The molecule has 1 heterocycles. The van der Waals surface area contributed by atoms with Crippen molar-refractivity contribution in [1.82, 2.24) is 14.5 Å². The van der Waals surface area contributed by atoms with Crippen LogP contribution in [-0.4, -0.2) is 26.9 Å². The quantitative estimate of drug-likeness (QED) is 0.525. The lowest BCUT2D eigenvalue weighted by Crippen LogP contribution is -2.37. The SMILES string of the molecule is CCCCN(C(=O)c1ccc(CC)cc1)C(C)c1nc2ccc(Cl)cc2c(=O)n1C. The molecule has 0 spiro atoms. The average Bonchev–Trinajstić information content (AvgIpc) is 2.76. The monoisotopic (exact) mass is 425 g/mol. The van der Waals surface area contributed by atoms with E-state index in [-0.39, 0.29) is 17.5 Å². The Balaban J connectivity index is 2.03. The van der Waals surface area contributed by atoms with Gasteiger partial charge in [-0.3, -0.25) is 14.2 Å². The van der Waals surface area contributed by atoms with Gasteiger partial charge in [-0.1, -0.05) is 44.0 Å². The number of carbonyl (C=O) groups is 1. The van der Waals surface area contributed by atoms with Crippen LogP contribution >= 0.6 is 11.6 Å². The number of aryl methyl sites for hydroxylation is 1. The summed E-state index contributed by atoms with van der Waals surface area (Å²) in [5.41, 5.74) is 2.25. The van der Waals surface area contributed by atoms with Gasteiger partial charge in [0.25, 0.3) is 11.5 Å². The third kappa shape index (κ3) is 4.41. The molecule has 2 aromatic carbocycles. The smallest absolute Gasteiger partial charge is 0.261 e. The van der Waals surface area contributed by atoms with Crippen LogP contribution < -0.4 is 5.56 Å². The zero-order valence-electron chi connectivity index (χ0n) is 18.0. The van der Waals surface area contributed by atoms with Gasteiger partial charge < -0.3 is 4.90 Å². The molecule has 0 N–H and O–H groups in total. The van der Waals surface area contributed by atoms with E-state index in [2.05, 4.69) is 13.8 Å². The van der Waals surface area contributed by atoms with E-state index in [9.17, 15) is 9.59 Å². The van der Waals surface area contributed by atoms with Crippen LogP contribution in [0.2, 0.25) is 5.02 Å². The fourth-order valence-corrected chi connectivity index (χ4v) is 3.79. The van der Waals surface area contributed by atoms with Crippen LogP contribution in [0.3, 0.4) is 0 Å². The molecule has 158 valence electrons. The number of nitrogens with zero attached hydrogens (tertiary/aromatic N) is 3. The summed E-state index contributed by atoms with van der Waals surface area (Å²) in [7, 11) is 1.69. The van der Waals surface area contributed by atoms with E-state index in [4.69, 9.17) is 16.6 Å². The lowest BCUT2D eigenvalue weighted by atomic mass is 10.1. The van der Waals surface area contributed by atoms with E-state index < -0.39 is 0 Å². The summed E-state index contributed by atoms with van der Waals surface area (Å²) < 4.78 is 1.52. The number of unbranched alkanes of at least 4 members (excludes halogenated alkanes) is 1. The zero-order valence-corrected chi connectivity index (χ0v) is 18.7. The third-order valence-corrected chi connectivity index (χ3v) is 5.77. The molecule has 0 saturated carbocycles. The summed E-state index contributed by atoms with van der Waals surface area (Å²) in [6, 6.07) is 12.5. The summed E-state index contributed by atoms with van der Waals surface area (Å²) in [5.74, 6) is 0.508. The molecule has 0 bridgehead atoms. The summed E-state index contributed by atoms with van der Waals surface area (Å²) in [4.78, 5) is 32.8. The van der Waals surface area contributed by atoms with Gasteiger partial charge in [-0.25, -0.2) is 4.98 Å². The van der Waals surface area contributed by atoms with E-state index in [1.54, 1.807) is 25.2 Å². The molecule has 3 aromatic rings. The molecule has 0 aliphatic heterocycles. The minimum Gasteiger partial charge on any atom is -0.329 e. The van der Waals surface area contributed by atoms with Crippen LogP contribution in [-0.2, 0) is 13.5 Å². The third-order valence-electron chi connectivity index (χ3n) is 5.54. The van der Waals surface area contributed by atoms with Gasteiger partial charge >= 0.3 is 0 Å². The first-order valence-electron chi connectivity index (χ1n) is 10.4. The van der Waals surface area contributed by atoms with Gasteiger partial charge in [-0.2, -0.15) is 0 Å². The van der Waals surface area contributed by atoms with Gasteiger partial charge in [-0.15, -0.1) is 0 Å². The molecular weight excluding hydrogens is 398 g/mol. The second-order valence-electron chi connectivity index (χ2n) is 7.57. The standard InChI is InChI=1S/C24H28ClN3O2/c1-5-7-14-28(23(29)18-10-8-17(6-2)9-11-18)16(3)22-26-21-13-12-19(25)15-20(21)24(30)27(22)4/h8-13,15-16H,5-7,14H2,1-4H3. The maximum atomic E-state index is 13.4. The van der Waals surface area contributed by atoms with Crippen LogP contribution in [0.15, 0.2) is 47.3 Å². The molecule has 30 heavy (non-hydrogen) atoms.